The van der Waals surface area contributed by atoms with E-state index in [-0.39, 0.29) is 63.6 Å². The van der Waals surface area contributed by atoms with Crippen LogP contribution in [0.4, 0.5) is 0 Å². The first-order chi connectivity index (χ1) is 43.1. The minimum atomic E-state index is -1.16. The standard InChI is InChI=1S/C75H86N4O12/c1-43(27-28-53-45(3)22-19-29-75(53,14)15)20-16-21-44(2)34-66(82)87-50(41-85-58-23-17-25-60-67(58)56(80)39-62(88-60)71(83)90-69-48(6)51(37-64-76-30-31-77-64)46(4)35-54(69)73(8,9)10)42-86-59-24-18-26-61-68(59)57(81)40-63(89-61)72(84)91-70-49(7)52(38-65-78-32-33-79-65)47(5)36-55(70)74(11,12)13/h16-18,20-21,23-28,34-36,39-40,50H,19,22,29-33,37-38,41-42H2,1-15H3,(H,76,77)(H,78,79)/b21-16+,28-27+,43-20+,44-34+. The molecule has 0 radical (unpaired) electrons. The predicted molar refractivity (Wildman–Crippen MR) is 359 cm³/mol. The number of carbonyl (C=O) groups is 3. The summed E-state index contributed by atoms with van der Waals surface area (Å²) in [7, 11) is 0. The van der Waals surface area contributed by atoms with Gasteiger partial charge in [-0.3, -0.25) is 19.6 Å². The highest BCUT2D eigenvalue weighted by atomic mass is 16.6. The quantitative estimate of drug-likeness (QED) is 0.0316. The van der Waals surface area contributed by atoms with Gasteiger partial charge in [0, 0.05) is 55.3 Å². The minimum absolute atomic E-state index is 0.0254. The summed E-state index contributed by atoms with van der Waals surface area (Å²) in [5.74, 6) is -0.404. The van der Waals surface area contributed by atoms with Gasteiger partial charge in [0.05, 0.1) is 13.1 Å². The highest BCUT2D eigenvalue weighted by molar-refractivity contribution is 5.94. The molecule has 4 heterocycles. The number of carbonyl (C=O) groups excluding carboxylic acids is 3. The van der Waals surface area contributed by atoms with Crippen molar-refractivity contribution in [3.05, 3.63) is 196 Å². The van der Waals surface area contributed by atoms with Crippen LogP contribution in [0.1, 0.15) is 161 Å². The van der Waals surface area contributed by atoms with Gasteiger partial charge >= 0.3 is 17.9 Å². The van der Waals surface area contributed by atoms with E-state index in [0.29, 0.717) is 43.0 Å². The van der Waals surface area contributed by atoms with Crippen LogP contribution in [0.25, 0.3) is 21.9 Å². The first-order valence-corrected chi connectivity index (χ1v) is 31.3. The molecule has 2 aromatic heterocycles. The molecule has 91 heavy (non-hydrogen) atoms. The lowest BCUT2D eigenvalue weighted by Gasteiger charge is -2.32. The topological polar surface area (TPSA) is 207 Å². The number of allylic oxidation sites excluding steroid dienone is 9. The molecule has 2 aliphatic heterocycles. The molecule has 0 amide bonds. The Morgan fingerprint density at radius 1 is 0.670 bits per heavy atom. The van der Waals surface area contributed by atoms with Crippen LogP contribution in [0.15, 0.2) is 148 Å². The van der Waals surface area contributed by atoms with E-state index in [9.17, 15) is 24.0 Å². The van der Waals surface area contributed by atoms with Crippen molar-refractivity contribution >= 4 is 51.5 Å². The molecule has 0 saturated heterocycles. The highest BCUT2D eigenvalue weighted by Crippen LogP contribution is 2.42. The third-order valence-electron chi connectivity index (χ3n) is 17.0. The summed E-state index contributed by atoms with van der Waals surface area (Å²) < 4.78 is 43.3. The number of amidine groups is 2. The second-order valence-corrected chi connectivity index (χ2v) is 26.8. The Balaban J connectivity index is 0.973. The average Bonchev–Trinajstić information content (AvgIpc) is 1.04. The Morgan fingerprint density at radius 3 is 1.59 bits per heavy atom. The number of benzene rings is 4. The number of aryl methyl sites for hydroxylation is 2. The van der Waals surface area contributed by atoms with Gasteiger partial charge in [-0.15, -0.1) is 0 Å². The van der Waals surface area contributed by atoms with E-state index in [0.717, 1.165) is 99.8 Å². The molecule has 0 atom stereocenters. The van der Waals surface area contributed by atoms with E-state index < -0.39 is 45.7 Å². The Hall–Kier alpha value is -9.05. The fourth-order valence-electron chi connectivity index (χ4n) is 12.0. The number of fused-ring (bicyclic) bond motifs is 2. The maximum atomic E-state index is 14.2. The van der Waals surface area contributed by atoms with Crippen LogP contribution in [0.2, 0.25) is 0 Å². The third-order valence-corrected chi connectivity index (χ3v) is 17.0. The minimum Gasteiger partial charge on any atom is -0.489 e. The molecule has 1 aliphatic carbocycles. The molecule has 3 aliphatic rings. The number of hydrogen-bond acceptors (Lipinski definition) is 16. The van der Waals surface area contributed by atoms with E-state index in [1.807, 2.05) is 100 Å². The number of esters is 3. The van der Waals surface area contributed by atoms with Gasteiger partial charge in [-0.05, 0) is 153 Å². The fraction of sp³-hybridized carbons (Fsp3) is 0.400. The summed E-state index contributed by atoms with van der Waals surface area (Å²) in [6.45, 7) is 32.9. The zero-order chi connectivity index (χ0) is 65.7. The number of aliphatic imine (C=N–C) groups is 2. The van der Waals surface area contributed by atoms with Gasteiger partial charge in [0.2, 0.25) is 11.5 Å². The number of hydrogen-bond donors (Lipinski definition) is 2. The van der Waals surface area contributed by atoms with Crippen LogP contribution in [0.3, 0.4) is 0 Å². The smallest absolute Gasteiger partial charge is 0.379 e. The van der Waals surface area contributed by atoms with Crippen LogP contribution in [-0.2, 0) is 33.2 Å². The molecule has 9 rings (SSSR count). The van der Waals surface area contributed by atoms with Gasteiger partial charge in [-0.25, -0.2) is 14.4 Å². The summed E-state index contributed by atoms with van der Waals surface area (Å²) in [5, 5.41) is 6.71. The lowest BCUT2D eigenvalue weighted by Crippen LogP contribution is -2.31. The first kappa shape index (κ1) is 66.4. The van der Waals surface area contributed by atoms with Crippen molar-refractivity contribution in [3.63, 3.8) is 0 Å². The molecule has 0 fully saturated rings. The van der Waals surface area contributed by atoms with E-state index >= 15 is 0 Å². The molecule has 2 N–H and O–H groups in total. The molecular formula is C75H86N4O12. The number of nitrogens with one attached hydrogen (secondary N) is 2. The molecule has 6 aromatic rings. The van der Waals surface area contributed by atoms with Crippen molar-refractivity contribution < 1.29 is 46.9 Å². The maximum Gasteiger partial charge on any atom is 0.379 e. The van der Waals surface area contributed by atoms with Crippen molar-refractivity contribution in [3.8, 4) is 23.0 Å². The van der Waals surface area contributed by atoms with Crippen LogP contribution in [-0.4, -0.2) is 75.1 Å². The lowest BCUT2D eigenvalue weighted by molar-refractivity contribution is -0.146. The molecule has 0 bridgehead atoms. The third kappa shape index (κ3) is 15.8. The van der Waals surface area contributed by atoms with Crippen molar-refractivity contribution in [2.24, 2.45) is 15.4 Å². The molecule has 478 valence electrons. The van der Waals surface area contributed by atoms with Crippen LogP contribution >= 0.6 is 0 Å². The zero-order valence-corrected chi connectivity index (χ0v) is 55.4. The Kier molecular flexibility index (Phi) is 20.1. The lowest BCUT2D eigenvalue weighted by atomic mass is 9.72. The zero-order valence-electron chi connectivity index (χ0n) is 55.4. The fourth-order valence-corrected chi connectivity index (χ4v) is 12.0. The van der Waals surface area contributed by atoms with Crippen molar-refractivity contribution in [2.75, 3.05) is 39.4 Å². The molecule has 0 unspecified atom stereocenters. The highest BCUT2D eigenvalue weighted by Gasteiger charge is 2.31. The second-order valence-electron chi connectivity index (χ2n) is 26.8. The summed E-state index contributed by atoms with van der Waals surface area (Å²) >= 11 is 0. The summed E-state index contributed by atoms with van der Waals surface area (Å²) in [6, 6.07) is 15.6. The molecule has 0 saturated carbocycles. The van der Waals surface area contributed by atoms with Gasteiger partial charge < -0.3 is 43.2 Å². The molecular weight excluding hydrogens is 1150 g/mol. The number of rotatable bonds is 20. The van der Waals surface area contributed by atoms with Gasteiger partial charge in [0.25, 0.3) is 0 Å². The second kappa shape index (κ2) is 27.6. The van der Waals surface area contributed by atoms with Crippen LogP contribution in [0, 0.1) is 33.1 Å². The van der Waals surface area contributed by atoms with Gasteiger partial charge in [0.1, 0.15) is 69.8 Å². The van der Waals surface area contributed by atoms with E-state index in [1.165, 1.54) is 23.6 Å². The van der Waals surface area contributed by atoms with Gasteiger partial charge in [-0.2, -0.15) is 0 Å². The number of nitrogens with zero attached hydrogens (tertiary/aromatic N) is 2. The summed E-state index contributed by atoms with van der Waals surface area (Å²) in [5.41, 5.74) is 9.86. The van der Waals surface area contributed by atoms with E-state index in [1.54, 1.807) is 49.4 Å². The van der Waals surface area contributed by atoms with E-state index in [4.69, 9.17) is 32.5 Å². The molecule has 0 spiro atoms. The Bertz CT molecular complexity index is 3990. The molecule has 16 heteroatoms. The van der Waals surface area contributed by atoms with Gasteiger partial charge in [-0.1, -0.05) is 121 Å². The predicted octanol–water partition coefficient (Wildman–Crippen LogP) is 14.2. The number of ether oxygens (including phenoxy) is 5. The maximum absolute atomic E-state index is 14.2. The molecule has 4 aromatic carbocycles. The first-order valence-electron chi connectivity index (χ1n) is 31.3. The van der Waals surface area contributed by atoms with Crippen LogP contribution in [0.5, 0.6) is 23.0 Å². The Morgan fingerprint density at radius 2 is 1.15 bits per heavy atom. The van der Waals surface area contributed by atoms with E-state index in [2.05, 4.69) is 53.5 Å². The Labute approximate surface area is 533 Å². The normalized spacial score (nSPS) is 15.6. The summed E-state index contributed by atoms with van der Waals surface area (Å²) in [6.07, 6.45) is 14.7. The summed E-state index contributed by atoms with van der Waals surface area (Å²) in [4.78, 5) is 79.7. The monoisotopic (exact) mass is 1230 g/mol. The van der Waals surface area contributed by atoms with Gasteiger partial charge in [0.15, 0.2) is 17.0 Å². The average molecular weight is 1240 g/mol. The SMILES string of the molecule is CC1=C(/C=C/C(C)=C/C=C/C(C)=C/C(=O)OC(COc2cccc3oc(C(=O)Oc4c(C(C)(C)C)cc(C)c(CC5=NCCN5)c4C)cc(=O)c23)COc2cccc3oc(C(=O)Oc4c(C(C)(C)C)cc(C)c(CC5=NCCN5)c4C)cc(=O)c23)C(C)(C)CCC1. The largest absolute Gasteiger partial charge is 0.489 e. The van der Waals surface area contributed by atoms with Crippen molar-refractivity contribution in [1.82, 2.24) is 10.6 Å². The van der Waals surface area contributed by atoms with Crippen LogP contribution < -0.4 is 40.4 Å². The van der Waals surface area contributed by atoms with Crippen molar-refractivity contribution in [1.29, 1.82) is 0 Å². The molecule has 16 nitrogen and oxygen atoms in total. The van der Waals surface area contributed by atoms with Crippen molar-refractivity contribution in [2.45, 2.75) is 153 Å².